The predicted octanol–water partition coefficient (Wildman–Crippen LogP) is 1.62. The highest BCUT2D eigenvalue weighted by Gasteiger charge is 2.34. The lowest BCUT2D eigenvalue weighted by atomic mass is 10.1. The summed E-state index contributed by atoms with van der Waals surface area (Å²) in [6.07, 6.45) is 0.358. The minimum absolute atomic E-state index is 0. The Morgan fingerprint density at radius 1 is 1.25 bits per heavy atom. The summed E-state index contributed by atoms with van der Waals surface area (Å²) in [5.41, 5.74) is 1.14. The third kappa shape index (κ3) is 2.91. The van der Waals surface area contributed by atoms with Crippen molar-refractivity contribution in [2.24, 2.45) is 0 Å². The highest BCUT2D eigenvalue weighted by Crippen LogP contribution is 2.29. The number of rotatable bonds is 1. The van der Waals surface area contributed by atoms with Crippen LogP contribution < -0.4 is 10.1 Å². The molecule has 3 unspecified atom stereocenters. The van der Waals surface area contributed by atoms with Crippen LogP contribution in [0.25, 0.3) is 0 Å². The van der Waals surface area contributed by atoms with E-state index in [2.05, 4.69) is 19.2 Å². The first-order valence-corrected chi connectivity index (χ1v) is 6.93. The molecule has 1 aromatic carbocycles. The van der Waals surface area contributed by atoms with E-state index < -0.39 is 0 Å². The zero-order chi connectivity index (χ0) is 13.4. The molecule has 20 heavy (non-hydrogen) atoms. The molecule has 1 saturated heterocycles. The van der Waals surface area contributed by atoms with Crippen molar-refractivity contribution in [2.75, 3.05) is 13.1 Å². The van der Waals surface area contributed by atoms with E-state index in [1.807, 2.05) is 29.2 Å². The first-order valence-electron chi connectivity index (χ1n) is 6.93. The Morgan fingerprint density at radius 2 is 1.90 bits per heavy atom. The topological polar surface area (TPSA) is 41.6 Å². The second kappa shape index (κ2) is 6.02. The lowest BCUT2D eigenvalue weighted by Gasteiger charge is -2.37. The molecular weight excluding hydrogens is 276 g/mol. The minimum Gasteiger partial charge on any atom is -0.480 e. The summed E-state index contributed by atoms with van der Waals surface area (Å²) >= 11 is 0. The summed E-state index contributed by atoms with van der Waals surface area (Å²) in [5.74, 6) is 0.980. The number of amides is 1. The highest BCUT2D eigenvalue weighted by molar-refractivity contribution is 5.85. The average Bonchev–Trinajstić information content (AvgIpc) is 2.80. The number of carbonyl (C=O) groups excluding carboxylic acids is 1. The van der Waals surface area contributed by atoms with Gasteiger partial charge in [0.15, 0.2) is 6.10 Å². The van der Waals surface area contributed by atoms with E-state index in [-0.39, 0.29) is 24.4 Å². The fraction of sp³-hybridized carbons (Fsp3) is 0.533. The molecule has 0 saturated carbocycles. The monoisotopic (exact) mass is 296 g/mol. The van der Waals surface area contributed by atoms with Gasteiger partial charge in [0.25, 0.3) is 5.91 Å². The molecule has 2 aliphatic heterocycles. The number of nitrogens with zero attached hydrogens (tertiary/aromatic N) is 1. The van der Waals surface area contributed by atoms with Crippen molar-refractivity contribution >= 4 is 18.3 Å². The molecule has 1 aromatic rings. The molecule has 0 aromatic heterocycles. The van der Waals surface area contributed by atoms with Crippen LogP contribution in [0.3, 0.4) is 0 Å². The summed E-state index contributed by atoms with van der Waals surface area (Å²) in [6.45, 7) is 5.75. The van der Waals surface area contributed by atoms with Gasteiger partial charge in [0.1, 0.15) is 5.75 Å². The lowest BCUT2D eigenvalue weighted by molar-refractivity contribution is -0.139. The fourth-order valence-electron chi connectivity index (χ4n) is 3.03. The quantitative estimate of drug-likeness (QED) is 0.856. The molecule has 1 fully saturated rings. The molecule has 4 nitrogen and oxygen atoms in total. The Bertz CT molecular complexity index is 460. The number of fused-ring (bicyclic) bond motifs is 1. The summed E-state index contributed by atoms with van der Waals surface area (Å²) in [4.78, 5) is 14.5. The Morgan fingerprint density at radius 3 is 2.55 bits per heavy atom. The number of para-hydroxylation sites is 1. The smallest absolute Gasteiger partial charge is 0.264 e. The predicted molar refractivity (Wildman–Crippen MR) is 80.4 cm³/mol. The van der Waals surface area contributed by atoms with Crippen LogP contribution in [0.2, 0.25) is 0 Å². The van der Waals surface area contributed by atoms with Gasteiger partial charge in [0.05, 0.1) is 0 Å². The maximum Gasteiger partial charge on any atom is 0.264 e. The van der Waals surface area contributed by atoms with Gasteiger partial charge in [-0.1, -0.05) is 18.2 Å². The number of piperazine rings is 1. The van der Waals surface area contributed by atoms with E-state index in [9.17, 15) is 4.79 Å². The van der Waals surface area contributed by atoms with Crippen LogP contribution in [0.4, 0.5) is 0 Å². The maximum atomic E-state index is 12.5. The van der Waals surface area contributed by atoms with Gasteiger partial charge in [0.2, 0.25) is 0 Å². The van der Waals surface area contributed by atoms with E-state index in [1.165, 1.54) is 0 Å². The fourth-order valence-corrected chi connectivity index (χ4v) is 3.03. The van der Waals surface area contributed by atoms with E-state index in [4.69, 9.17) is 4.74 Å². The molecule has 0 spiro atoms. The van der Waals surface area contributed by atoms with Gasteiger partial charge >= 0.3 is 0 Å². The van der Waals surface area contributed by atoms with Gasteiger partial charge in [-0.25, -0.2) is 0 Å². The Kier molecular flexibility index (Phi) is 4.55. The third-order valence-electron chi connectivity index (χ3n) is 3.79. The van der Waals surface area contributed by atoms with Crippen molar-refractivity contribution in [3.05, 3.63) is 29.8 Å². The van der Waals surface area contributed by atoms with Crippen molar-refractivity contribution in [3.8, 4) is 5.75 Å². The van der Waals surface area contributed by atoms with Crippen LogP contribution in [0.1, 0.15) is 19.4 Å². The molecule has 0 bridgehead atoms. The molecule has 3 rings (SSSR count). The second-order valence-electron chi connectivity index (χ2n) is 5.63. The number of nitrogens with one attached hydrogen (secondary N) is 1. The average molecular weight is 297 g/mol. The zero-order valence-corrected chi connectivity index (χ0v) is 12.7. The third-order valence-corrected chi connectivity index (χ3v) is 3.79. The molecule has 1 N–H and O–H groups in total. The van der Waals surface area contributed by atoms with E-state index >= 15 is 0 Å². The number of ether oxygens (including phenoxy) is 1. The minimum atomic E-state index is -0.338. The van der Waals surface area contributed by atoms with E-state index in [0.717, 1.165) is 24.4 Å². The Labute approximate surface area is 125 Å². The first kappa shape index (κ1) is 15.1. The molecule has 2 aliphatic rings. The molecule has 3 atom stereocenters. The van der Waals surface area contributed by atoms with Crippen LogP contribution in [0, 0.1) is 0 Å². The van der Waals surface area contributed by atoms with Gasteiger partial charge in [0, 0.05) is 31.6 Å². The summed E-state index contributed by atoms with van der Waals surface area (Å²) in [5, 5.41) is 3.44. The molecule has 2 heterocycles. The number of benzene rings is 1. The molecule has 5 heteroatoms. The largest absolute Gasteiger partial charge is 0.480 e. The Balaban J connectivity index is 0.00000147. The van der Waals surface area contributed by atoms with Crippen molar-refractivity contribution in [3.63, 3.8) is 0 Å². The summed E-state index contributed by atoms with van der Waals surface area (Å²) in [6, 6.07) is 8.59. The van der Waals surface area contributed by atoms with Crippen molar-refractivity contribution in [1.82, 2.24) is 10.2 Å². The van der Waals surface area contributed by atoms with Crippen molar-refractivity contribution in [1.29, 1.82) is 0 Å². The normalized spacial score (nSPS) is 28.3. The lowest BCUT2D eigenvalue weighted by Crippen LogP contribution is -2.58. The highest BCUT2D eigenvalue weighted by atomic mass is 35.5. The molecular formula is C15H21ClN2O2. The number of hydrogen-bond acceptors (Lipinski definition) is 3. The van der Waals surface area contributed by atoms with Crippen LogP contribution in [-0.2, 0) is 11.2 Å². The standard InChI is InChI=1S/C15H20N2O2.ClH/c1-10-8-17(9-11(2)16-10)15(18)14-7-12-5-3-4-6-13(12)19-14;/h3-6,10-11,14,16H,7-9H2,1-2H3;1H. The van der Waals surface area contributed by atoms with Crippen LogP contribution in [0.5, 0.6) is 5.75 Å². The van der Waals surface area contributed by atoms with Gasteiger partial charge < -0.3 is 15.0 Å². The van der Waals surface area contributed by atoms with Crippen molar-refractivity contribution < 1.29 is 9.53 Å². The molecule has 0 aliphatic carbocycles. The van der Waals surface area contributed by atoms with E-state index in [0.29, 0.717) is 18.5 Å². The number of carbonyl (C=O) groups is 1. The van der Waals surface area contributed by atoms with Gasteiger partial charge in [-0.2, -0.15) is 0 Å². The van der Waals surface area contributed by atoms with E-state index in [1.54, 1.807) is 0 Å². The molecule has 1 amide bonds. The van der Waals surface area contributed by atoms with Crippen LogP contribution >= 0.6 is 12.4 Å². The molecule has 110 valence electrons. The zero-order valence-electron chi connectivity index (χ0n) is 11.8. The van der Waals surface area contributed by atoms with Gasteiger partial charge in [-0.3, -0.25) is 4.79 Å². The van der Waals surface area contributed by atoms with Crippen molar-refractivity contribution in [2.45, 2.75) is 38.5 Å². The first-order chi connectivity index (χ1) is 9.13. The number of halogens is 1. The maximum absolute atomic E-state index is 12.5. The second-order valence-corrected chi connectivity index (χ2v) is 5.63. The van der Waals surface area contributed by atoms with Crippen LogP contribution in [-0.4, -0.2) is 42.1 Å². The molecule has 0 radical (unpaired) electrons. The SMILES string of the molecule is CC1CN(C(=O)C2Cc3ccccc3O2)CC(C)N1.Cl. The summed E-state index contributed by atoms with van der Waals surface area (Å²) < 4.78 is 5.78. The summed E-state index contributed by atoms with van der Waals surface area (Å²) in [7, 11) is 0. The van der Waals surface area contributed by atoms with Gasteiger partial charge in [-0.05, 0) is 25.5 Å². The number of hydrogen-bond donors (Lipinski definition) is 1. The Hall–Kier alpha value is -1.26. The van der Waals surface area contributed by atoms with Crippen LogP contribution in [0.15, 0.2) is 24.3 Å². The van der Waals surface area contributed by atoms with Gasteiger partial charge in [-0.15, -0.1) is 12.4 Å².